The first kappa shape index (κ1) is 43.6. The zero-order valence-electron chi connectivity index (χ0n) is 34.0. The van der Waals surface area contributed by atoms with Gasteiger partial charge < -0.3 is 35.8 Å². The molecule has 17 nitrogen and oxygen atoms in total. The number of methoxy groups -OCH3 is 1. The summed E-state index contributed by atoms with van der Waals surface area (Å²) in [5.74, 6) is -3.05. The number of nitrogens with zero attached hydrogens (tertiary/aromatic N) is 5. The van der Waals surface area contributed by atoms with Crippen molar-refractivity contribution in [3.05, 3.63) is 96.2 Å². The maximum Gasteiger partial charge on any atom is 0.421 e. The number of halogens is 3. The van der Waals surface area contributed by atoms with Gasteiger partial charge in [-0.25, -0.2) is 4.98 Å². The van der Waals surface area contributed by atoms with Crippen molar-refractivity contribution in [1.29, 1.82) is 0 Å². The van der Waals surface area contributed by atoms with Gasteiger partial charge in [-0.2, -0.15) is 18.2 Å². The highest BCUT2D eigenvalue weighted by atomic mass is 19.4. The van der Waals surface area contributed by atoms with Crippen LogP contribution in [0.4, 0.5) is 53.4 Å². The predicted octanol–water partition coefficient (Wildman–Crippen LogP) is 5.45. The lowest BCUT2D eigenvalue weighted by atomic mass is 10.0. The first-order chi connectivity index (χ1) is 30.2. The van der Waals surface area contributed by atoms with Crippen LogP contribution < -0.4 is 36.2 Å². The molecule has 4 aromatic rings. The summed E-state index contributed by atoms with van der Waals surface area (Å²) in [6.45, 7) is 5.87. The Bertz CT molecular complexity index is 2470. The van der Waals surface area contributed by atoms with Crippen molar-refractivity contribution < 1.29 is 46.7 Å². The number of amides is 6. The number of carbonyl (C=O) groups is 6. The standard InChI is InChI=1S/C43H43F3N10O7/c1-3-34(57)49-25-8-6-9-26(22-25)50-38-29(43(44,45)46)24-48-42(53-38)51-30-14-13-27(23-33(30)63-2)54-18-20-55(21-19-54)36(59)12-4-5-17-47-31-11-7-10-28-37(31)41(62)56(40(28)61)32-15-16-35(58)52-39(32)60/h3,6-11,13-14,22-24,32,47H,1,4-5,12,15-21H2,2H3,(H,49,57)(H,52,58,60)(H2,48,50,51,53). The number of piperazine rings is 1. The van der Waals surface area contributed by atoms with Gasteiger partial charge in [0.25, 0.3) is 11.8 Å². The molecule has 3 aliphatic heterocycles. The van der Waals surface area contributed by atoms with Crippen molar-refractivity contribution in [2.24, 2.45) is 0 Å². The second-order valence-electron chi connectivity index (χ2n) is 14.8. The molecule has 6 amide bonds. The van der Waals surface area contributed by atoms with Crippen molar-refractivity contribution in [3.8, 4) is 5.75 Å². The molecule has 7 rings (SSSR count). The molecule has 63 heavy (non-hydrogen) atoms. The smallest absolute Gasteiger partial charge is 0.421 e. The molecule has 328 valence electrons. The molecule has 1 atom stereocenters. The summed E-state index contributed by atoms with van der Waals surface area (Å²) in [5, 5.41) is 13.6. The van der Waals surface area contributed by atoms with Crippen LogP contribution in [0.3, 0.4) is 0 Å². The Labute approximate surface area is 359 Å². The Kier molecular flexibility index (Phi) is 12.9. The molecule has 2 fully saturated rings. The second-order valence-corrected chi connectivity index (χ2v) is 14.8. The molecule has 1 unspecified atom stereocenters. The molecule has 0 spiro atoms. The van der Waals surface area contributed by atoms with E-state index >= 15 is 0 Å². The van der Waals surface area contributed by atoms with Gasteiger partial charge in [0.2, 0.25) is 29.6 Å². The van der Waals surface area contributed by atoms with Crippen molar-refractivity contribution in [3.63, 3.8) is 0 Å². The highest BCUT2D eigenvalue weighted by Gasteiger charge is 2.45. The summed E-state index contributed by atoms with van der Waals surface area (Å²) in [4.78, 5) is 88.2. The fraction of sp³-hybridized carbons (Fsp3) is 0.302. The number of nitrogens with one attached hydrogen (secondary N) is 5. The van der Waals surface area contributed by atoms with Crippen molar-refractivity contribution in [2.75, 3.05) is 66.0 Å². The number of unbranched alkanes of at least 4 members (excludes halogenated alkanes) is 1. The normalized spacial score (nSPS) is 16.3. The summed E-state index contributed by atoms with van der Waals surface area (Å²) in [5.41, 5.74) is 1.49. The lowest BCUT2D eigenvalue weighted by molar-refractivity contribution is -0.138. The third-order valence-electron chi connectivity index (χ3n) is 10.7. The van der Waals surface area contributed by atoms with E-state index < -0.39 is 53.1 Å². The van der Waals surface area contributed by atoms with Gasteiger partial charge in [-0.15, -0.1) is 0 Å². The first-order valence-corrected chi connectivity index (χ1v) is 20.0. The van der Waals surface area contributed by atoms with Crippen LogP contribution in [0.25, 0.3) is 0 Å². The number of hydrogen-bond donors (Lipinski definition) is 5. The summed E-state index contributed by atoms with van der Waals surface area (Å²) in [7, 11) is 1.46. The predicted molar refractivity (Wildman–Crippen MR) is 226 cm³/mol. The summed E-state index contributed by atoms with van der Waals surface area (Å²) < 4.78 is 47.6. The van der Waals surface area contributed by atoms with Crippen LogP contribution in [0.2, 0.25) is 0 Å². The molecule has 4 heterocycles. The number of piperidine rings is 1. The summed E-state index contributed by atoms with van der Waals surface area (Å²) >= 11 is 0. The Balaban J connectivity index is 0.900. The van der Waals surface area contributed by atoms with Gasteiger partial charge >= 0.3 is 6.18 Å². The van der Waals surface area contributed by atoms with Crippen LogP contribution in [0.15, 0.2) is 79.5 Å². The van der Waals surface area contributed by atoms with E-state index in [4.69, 9.17) is 4.74 Å². The van der Waals surface area contributed by atoms with Gasteiger partial charge in [-0.05, 0) is 67.8 Å². The molecule has 0 bridgehead atoms. The SMILES string of the molecule is C=CC(=O)Nc1cccc(Nc2nc(Nc3ccc(N4CCN(C(=O)CCCCNc5cccc6c5C(=O)N(C5CCC(=O)NC5=O)C6=O)CC4)cc3OC)ncc2C(F)(F)F)c1. The largest absolute Gasteiger partial charge is 0.494 e. The average molecular weight is 869 g/mol. The van der Waals surface area contributed by atoms with Gasteiger partial charge in [-0.3, -0.25) is 39.0 Å². The fourth-order valence-electron chi connectivity index (χ4n) is 7.51. The number of anilines is 7. The summed E-state index contributed by atoms with van der Waals surface area (Å²) in [6.07, 6.45) is -1.44. The Morgan fingerprint density at radius 1 is 0.937 bits per heavy atom. The highest BCUT2D eigenvalue weighted by molar-refractivity contribution is 6.25. The molecule has 20 heteroatoms. The highest BCUT2D eigenvalue weighted by Crippen LogP contribution is 2.38. The van der Waals surface area contributed by atoms with E-state index in [9.17, 15) is 41.9 Å². The first-order valence-electron chi connectivity index (χ1n) is 20.0. The van der Waals surface area contributed by atoms with Crippen molar-refractivity contribution >= 4 is 75.6 Å². The topological polar surface area (TPSA) is 207 Å². The number of benzene rings is 3. The van der Waals surface area contributed by atoms with E-state index in [2.05, 4.69) is 48.0 Å². The van der Waals surface area contributed by atoms with Gasteiger partial charge in [0.05, 0.1) is 23.9 Å². The molecule has 3 aliphatic rings. The molecule has 3 aromatic carbocycles. The van der Waals surface area contributed by atoms with Crippen LogP contribution in [-0.4, -0.2) is 101 Å². The fourth-order valence-corrected chi connectivity index (χ4v) is 7.51. The van der Waals surface area contributed by atoms with Crippen LogP contribution in [0.5, 0.6) is 5.75 Å². The zero-order chi connectivity index (χ0) is 44.8. The molecular formula is C43H43F3N10O7. The molecule has 1 aromatic heterocycles. The number of hydrogen-bond acceptors (Lipinski definition) is 13. The maximum absolute atomic E-state index is 14.0. The minimum Gasteiger partial charge on any atom is -0.494 e. The molecule has 5 N–H and O–H groups in total. The van der Waals surface area contributed by atoms with Crippen LogP contribution in [0.1, 0.15) is 58.4 Å². The maximum atomic E-state index is 14.0. The number of imide groups is 2. The van der Waals surface area contributed by atoms with E-state index in [1.54, 1.807) is 41.3 Å². The molecule has 0 radical (unpaired) electrons. The quantitative estimate of drug-likeness (QED) is 0.0574. The number of carbonyl (C=O) groups excluding carboxylic acids is 6. The lowest BCUT2D eigenvalue weighted by Crippen LogP contribution is -2.54. The Hall–Kier alpha value is -7.51. The number of rotatable bonds is 15. The molecule has 2 saturated heterocycles. The minimum absolute atomic E-state index is 0.00519. The van der Waals surface area contributed by atoms with Gasteiger partial charge in [0.1, 0.15) is 23.2 Å². The number of alkyl halides is 3. The number of ether oxygens (including phenoxy) is 1. The Morgan fingerprint density at radius 2 is 1.70 bits per heavy atom. The third kappa shape index (κ3) is 9.84. The third-order valence-corrected chi connectivity index (χ3v) is 10.7. The minimum atomic E-state index is -4.77. The summed E-state index contributed by atoms with van der Waals surface area (Å²) in [6, 6.07) is 15.2. The van der Waals surface area contributed by atoms with Gasteiger partial charge in [-0.1, -0.05) is 18.7 Å². The Morgan fingerprint density at radius 3 is 2.43 bits per heavy atom. The molecule has 0 aliphatic carbocycles. The molecule has 0 saturated carbocycles. The van der Waals surface area contributed by atoms with E-state index in [1.165, 1.54) is 25.3 Å². The van der Waals surface area contributed by atoms with Crippen molar-refractivity contribution in [2.45, 2.75) is 44.3 Å². The van der Waals surface area contributed by atoms with Gasteiger partial charge in [0, 0.05) is 80.6 Å². The van der Waals surface area contributed by atoms with Crippen LogP contribution in [0, 0.1) is 0 Å². The van der Waals surface area contributed by atoms with Gasteiger partial charge in [0.15, 0.2) is 0 Å². The van der Waals surface area contributed by atoms with Crippen LogP contribution in [-0.2, 0) is 25.4 Å². The molecular weight excluding hydrogens is 826 g/mol. The average Bonchev–Trinajstić information content (AvgIpc) is 3.52. The number of fused-ring (bicyclic) bond motifs is 1. The van der Waals surface area contributed by atoms with Crippen LogP contribution >= 0.6 is 0 Å². The second kappa shape index (κ2) is 18.6. The monoisotopic (exact) mass is 868 g/mol. The lowest BCUT2D eigenvalue weighted by Gasteiger charge is -2.36. The van der Waals surface area contributed by atoms with Crippen molar-refractivity contribution in [1.82, 2.24) is 25.1 Å². The van der Waals surface area contributed by atoms with E-state index in [1.807, 2.05) is 6.07 Å². The number of aromatic nitrogens is 2. The van der Waals surface area contributed by atoms with E-state index in [-0.39, 0.29) is 41.5 Å². The van der Waals surface area contributed by atoms with E-state index in [0.29, 0.717) is 81.0 Å². The van der Waals surface area contributed by atoms with E-state index in [0.717, 1.165) is 16.7 Å². The zero-order valence-corrected chi connectivity index (χ0v) is 34.0.